The number of carbonyl (C=O) groups is 4. The molecule has 0 atom stereocenters. The van der Waals surface area contributed by atoms with Crippen LogP contribution >= 0.6 is 11.3 Å². The molecule has 0 aliphatic carbocycles. The number of oxime groups is 4. The molecule has 0 unspecified atom stereocenters. The van der Waals surface area contributed by atoms with E-state index in [1.807, 2.05) is 216 Å². The van der Waals surface area contributed by atoms with Gasteiger partial charge in [-0.3, -0.25) is 4.57 Å². The summed E-state index contributed by atoms with van der Waals surface area (Å²) in [6, 6.07) is 60.1. The first-order valence-electron chi connectivity index (χ1n) is 28.5. The number of para-hydroxylation sites is 4. The fourth-order valence-corrected chi connectivity index (χ4v) is 10.5. The van der Waals surface area contributed by atoms with Gasteiger partial charge < -0.3 is 37.5 Å². The molecule has 0 N–H and O–H groups in total. The Hall–Kier alpha value is -11.9. The van der Waals surface area contributed by atoms with E-state index >= 15 is 0 Å². The lowest BCUT2D eigenvalue weighted by Gasteiger charge is -2.02. The van der Waals surface area contributed by atoms with Gasteiger partial charge in [-0.05, 0) is 112 Å². The molecule has 5 aromatic carbocycles. The fraction of sp³-hybridized carbons (Fsp3) is 0.0986. The molecule has 8 aromatic heterocycles. The number of fused-ring (bicyclic) bond motifs is 4. The van der Waals surface area contributed by atoms with Crippen LogP contribution < -0.4 is 0 Å². The third-order valence-corrected chi connectivity index (χ3v) is 14.8. The summed E-state index contributed by atoms with van der Waals surface area (Å²) in [4.78, 5) is 73.0. The van der Waals surface area contributed by atoms with Crippen molar-refractivity contribution >= 4 is 102 Å². The van der Waals surface area contributed by atoms with E-state index in [9.17, 15) is 19.2 Å². The Labute approximate surface area is 526 Å². The second kappa shape index (κ2) is 29.2. The van der Waals surface area contributed by atoms with Crippen LogP contribution in [0.2, 0.25) is 0 Å². The Balaban J connectivity index is 0.000000134. The molecule has 13 aromatic rings. The average Bonchev–Trinajstić information content (AvgIpc) is 1.98. The number of hydrogen-bond acceptors (Lipinski definition) is 16. The molecule has 91 heavy (non-hydrogen) atoms. The van der Waals surface area contributed by atoms with Crippen molar-refractivity contribution in [3.63, 3.8) is 0 Å². The summed E-state index contributed by atoms with van der Waals surface area (Å²) in [6.45, 7) is 11.3. The second-order valence-corrected chi connectivity index (χ2v) is 21.1. The molecular weight excluding hydrogens is 1170 g/mol. The summed E-state index contributed by atoms with van der Waals surface area (Å²) >= 11 is 1.67. The van der Waals surface area contributed by atoms with Crippen molar-refractivity contribution in [2.24, 2.45) is 20.6 Å². The first-order valence-corrected chi connectivity index (χ1v) is 29.4. The lowest BCUT2D eigenvalue weighted by molar-refractivity contribution is -0.141. The molecule has 0 spiro atoms. The number of pyridine rings is 2. The van der Waals surface area contributed by atoms with Gasteiger partial charge in [-0.25, -0.2) is 29.1 Å². The van der Waals surface area contributed by atoms with Crippen LogP contribution in [0.3, 0.4) is 0 Å². The van der Waals surface area contributed by atoms with Crippen LogP contribution in [0.4, 0.5) is 0 Å². The standard InChI is InChI=1S/C22H17N3O2.C17H15N3O2.C16H14N2O3.C16H14N2O2S/c1-16(24-27-22(26)17-9-3-2-4-10-17)19-15-25(21-13-7-8-14-23-21)20-12-6-5-11-18(19)20;1-12(19-22-13(2)21)15-11-20(17-9-5-6-10-18-17)16-8-4-3-7-14(15)16;1-11(17-21-12(2)19)14-10-18(16-8-5-9-20-16)15-7-4-3-6-13(14)15;1-11(17-20-12(2)19)14-10-18(16-8-5-9-21-16)15-7-4-3-6-13(14)15/h2-15H,1H3;3-11H,1-2H3;2*3-10H,1-2H3/b24-16+;19-12+;2*17-11+. The van der Waals surface area contributed by atoms with E-state index < -0.39 is 23.9 Å². The molecule has 0 bridgehead atoms. The van der Waals surface area contributed by atoms with E-state index in [1.165, 1.54) is 20.8 Å². The van der Waals surface area contributed by atoms with Crippen molar-refractivity contribution in [2.75, 3.05) is 0 Å². The summed E-state index contributed by atoms with van der Waals surface area (Å²) in [5.74, 6) is 0.577. The van der Waals surface area contributed by atoms with Crippen LogP contribution in [0.15, 0.2) is 262 Å². The van der Waals surface area contributed by atoms with Crippen molar-refractivity contribution in [1.82, 2.24) is 28.2 Å². The van der Waals surface area contributed by atoms with Gasteiger partial charge in [0.25, 0.3) is 0 Å². The van der Waals surface area contributed by atoms with Crippen LogP contribution in [0, 0.1) is 0 Å². The van der Waals surface area contributed by atoms with Gasteiger partial charge in [0.05, 0.1) is 61.7 Å². The molecule has 0 saturated heterocycles. The highest BCUT2D eigenvalue weighted by Gasteiger charge is 2.18. The molecule has 13 rings (SSSR count). The minimum absolute atomic E-state index is 0.420. The summed E-state index contributed by atoms with van der Waals surface area (Å²) in [6.07, 6.45) is 13.0. The molecule has 8 heterocycles. The minimum atomic E-state index is -0.483. The van der Waals surface area contributed by atoms with Gasteiger partial charge in [-0.2, -0.15) is 0 Å². The van der Waals surface area contributed by atoms with Gasteiger partial charge in [0.2, 0.25) is 5.88 Å². The molecule has 20 heteroatoms. The molecule has 0 radical (unpaired) electrons. The molecule has 0 amide bonds. The summed E-state index contributed by atoms with van der Waals surface area (Å²) in [7, 11) is 0. The van der Waals surface area contributed by atoms with E-state index in [0.717, 1.165) is 88.4 Å². The second-order valence-electron chi connectivity index (χ2n) is 20.2. The Kier molecular flexibility index (Phi) is 19.9. The molecule has 0 aliphatic heterocycles. The number of benzene rings is 5. The molecule has 0 saturated carbocycles. The van der Waals surface area contributed by atoms with Crippen LogP contribution in [0.1, 0.15) is 81.1 Å². The monoisotopic (exact) mass is 1230 g/mol. The maximum absolute atomic E-state index is 12.1. The summed E-state index contributed by atoms with van der Waals surface area (Å²) in [5.41, 5.74) is 10.8. The predicted octanol–water partition coefficient (Wildman–Crippen LogP) is 15.4. The summed E-state index contributed by atoms with van der Waals surface area (Å²) < 4.78 is 13.5. The van der Waals surface area contributed by atoms with Crippen LogP contribution in [-0.4, -0.2) is 75.0 Å². The first-order chi connectivity index (χ1) is 44.2. The number of thiophene rings is 1. The Morgan fingerprint density at radius 2 is 0.758 bits per heavy atom. The van der Waals surface area contributed by atoms with Gasteiger partial charge in [-0.15, -0.1) is 11.3 Å². The number of aromatic nitrogens is 6. The highest BCUT2D eigenvalue weighted by Crippen LogP contribution is 2.30. The van der Waals surface area contributed by atoms with Crippen molar-refractivity contribution < 1.29 is 42.9 Å². The molecule has 454 valence electrons. The van der Waals surface area contributed by atoms with Crippen LogP contribution in [-0.2, 0) is 33.7 Å². The Morgan fingerprint density at radius 1 is 0.385 bits per heavy atom. The maximum Gasteiger partial charge on any atom is 0.365 e. The van der Waals surface area contributed by atoms with Crippen molar-refractivity contribution in [1.29, 1.82) is 0 Å². The molecule has 19 nitrogen and oxygen atoms in total. The Bertz CT molecular complexity index is 4670. The lowest BCUT2D eigenvalue weighted by Crippen LogP contribution is -2.03. The quantitative estimate of drug-likeness (QED) is 0.0601. The molecule has 0 fully saturated rings. The van der Waals surface area contributed by atoms with Gasteiger partial charge >= 0.3 is 23.9 Å². The van der Waals surface area contributed by atoms with Gasteiger partial charge in [0.1, 0.15) is 11.6 Å². The molecule has 0 aliphatic rings. The van der Waals surface area contributed by atoms with Gasteiger partial charge in [-0.1, -0.05) is 124 Å². The number of rotatable bonds is 13. The average molecular weight is 1230 g/mol. The number of carbonyl (C=O) groups excluding carboxylic acids is 4. The number of hydrogen-bond donors (Lipinski definition) is 0. The van der Waals surface area contributed by atoms with Crippen molar-refractivity contribution in [3.05, 3.63) is 265 Å². The third-order valence-electron chi connectivity index (χ3n) is 13.9. The van der Waals surface area contributed by atoms with E-state index in [-0.39, 0.29) is 0 Å². The number of nitrogens with zero attached hydrogens (tertiary/aromatic N) is 10. The molecular formula is C71H60N10O9S. The zero-order valence-electron chi connectivity index (χ0n) is 50.6. The van der Waals surface area contributed by atoms with Crippen molar-refractivity contribution in [3.8, 4) is 22.5 Å². The zero-order valence-corrected chi connectivity index (χ0v) is 51.4. The first kappa shape index (κ1) is 62.2. The topological polar surface area (TPSA) is 213 Å². The number of furan rings is 1. The normalized spacial score (nSPS) is 11.7. The highest BCUT2D eigenvalue weighted by atomic mass is 32.1. The highest BCUT2D eigenvalue weighted by molar-refractivity contribution is 7.12. The van der Waals surface area contributed by atoms with E-state index in [4.69, 9.17) is 23.8 Å². The lowest BCUT2D eigenvalue weighted by atomic mass is 10.1. The van der Waals surface area contributed by atoms with E-state index in [2.05, 4.69) is 47.3 Å². The fourth-order valence-electron chi connectivity index (χ4n) is 9.75. The minimum Gasteiger partial charge on any atom is -0.448 e. The third kappa shape index (κ3) is 14.9. The van der Waals surface area contributed by atoms with Crippen molar-refractivity contribution in [2.45, 2.75) is 48.5 Å². The van der Waals surface area contributed by atoms with Gasteiger partial charge in [0, 0.05) is 108 Å². The predicted molar refractivity (Wildman–Crippen MR) is 355 cm³/mol. The van der Waals surface area contributed by atoms with E-state index in [1.54, 1.807) is 61.2 Å². The zero-order chi connectivity index (χ0) is 63.8. The SMILES string of the molecule is C/C(=N\OC(=O)c1ccccc1)c1cn(-c2ccccn2)c2ccccc12.CC(=O)O/N=C(\C)c1cn(-c2ccccn2)c2ccccc12.CC(=O)O/N=C(\C)c1cn(-c2ccco2)c2ccccc12.CC(=O)O/N=C(\C)c1cn(-c2cccs2)c2ccccc12. The Morgan fingerprint density at radius 3 is 1.14 bits per heavy atom. The van der Waals surface area contributed by atoms with E-state index in [0.29, 0.717) is 28.4 Å². The smallest absolute Gasteiger partial charge is 0.365 e. The van der Waals surface area contributed by atoms with Gasteiger partial charge in [0.15, 0.2) is 0 Å². The summed E-state index contributed by atoms with van der Waals surface area (Å²) in [5, 5.41) is 23.0. The largest absolute Gasteiger partial charge is 0.448 e. The van der Waals surface area contributed by atoms with Crippen LogP contribution in [0.25, 0.3) is 66.1 Å². The van der Waals surface area contributed by atoms with Crippen LogP contribution in [0.5, 0.6) is 0 Å². The maximum atomic E-state index is 12.1.